The molecule has 0 aliphatic heterocycles. The number of benzene rings is 1. The molecule has 0 aromatic heterocycles. The first-order chi connectivity index (χ1) is 9.47. The summed E-state index contributed by atoms with van der Waals surface area (Å²) in [6, 6.07) is 8.40. The fourth-order valence-electron chi connectivity index (χ4n) is 3.20. The number of hydrogen-bond acceptors (Lipinski definition) is 2. The largest absolute Gasteiger partial charge is 0.393 e. The van der Waals surface area contributed by atoms with Crippen LogP contribution >= 0.6 is 11.6 Å². The van der Waals surface area contributed by atoms with E-state index < -0.39 is 0 Å². The second-order valence-corrected chi connectivity index (χ2v) is 6.85. The Balaban J connectivity index is 1.96. The zero-order valence-electron chi connectivity index (χ0n) is 12.7. The molecule has 1 aromatic rings. The fraction of sp³-hybridized carbons (Fsp3) is 0.647. The highest BCUT2D eigenvalue weighted by Gasteiger charge is 2.28. The van der Waals surface area contributed by atoms with Crippen LogP contribution in [-0.4, -0.2) is 29.7 Å². The first-order valence-electron chi connectivity index (χ1n) is 7.61. The van der Waals surface area contributed by atoms with Crippen molar-refractivity contribution in [2.45, 2.75) is 45.3 Å². The van der Waals surface area contributed by atoms with Crippen molar-refractivity contribution >= 4 is 11.6 Å². The van der Waals surface area contributed by atoms with Crippen molar-refractivity contribution in [2.24, 2.45) is 11.8 Å². The Bertz CT molecular complexity index is 420. The maximum absolute atomic E-state index is 10.2. The van der Waals surface area contributed by atoms with Gasteiger partial charge in [-0.15, -0.1) is 0 Å². The Morgan fingerprint density at radius 2 is 1.95 bits per heavy atom. The van der Waals surface area contributed by atoms with Gasteiger partial charge in [-0.25, -0.2) is 0 Å². The molecule has 0 saturated heterocycles. The number of aliphatic hydroxyl groups excluding tert-OH is 1. The van der Waals surface area contributed by atoms with Gasteiger partial charge in [-0.2, -0.15) is 0 Å². The summed E-state index contributed by atoms with van der Waals surface area (Å²) in [7, 11) is 2.14. The Hall–Kier alpha value is -0.570. The molecule has 3 heteroatoms. The Kier molecular flexibility index (Phi) is 5.48. The van der Waals surface area contributed by atoms with Crippen LogP contribution in [-0.2, 0) is 0 Å². The minimum Gasteiger partial charge on any atom is -0.393 e. The fourth-order valence-corrected chi connectivity index (χ4v) is 3.33. The number of rotatable bonds is 4. The van der Waals surface area contributed by atoms with Gasteiger partial charge in [-0.1, -0.05) is 30.7 Å². The van der Waals surface area contributed by atoms with Crippen LogP contribution in [0.25, 0.3) is 0 Å². The first-order valence-corrected chi connectivity index (χ1v) is 7.99. The average Bonchev–Trinajstić information content (AvgIpc) is 2.43. The zero-order valence-corrected chi connectivity index (χ0v) is 13.5. The van der Waals surface area contributed by atoms with Crippen molar-refractivity contribution < 1.29 is 5.11 Å². The van der Waals surface area contributed by atoms with Crippen molar-refractivity contribution in [1.29, 1.82) is 0 Å². The van der Waals surface area contributed by atoms with E-state index in [2.05, 4.69) is 37.9 Å². The molecule has 1 aliphatic rings. The molecule has 4 unspecified atom stereocenters. The number of halogens is 1. The van der Waals surface area contributed by atoms with Gasteiger partial charge in [0.2, 0.25) is 0 Å². The summed E-state index contributed by atoms with van der Waals surface area (Å²) in [6.07, 6.45) is 3.12. The lowest BCUT2D eigenvalue weighted by molar-refractivity contribution is 0.0289. The minimum absolute atomic E-state index is 0.133. The van der Waals surface area contributed by atoms with Gasteiger partial charge >= 0.3 is 0 Å². The van der Waals surface area contributed by atoms with Crippen LogP contribution in [0.5, 0.6) is 0 Å². The van der Waals surface area contributed by atoms with E-state index >= 15 is 0 Å². The molecule has 4 atom stereocenters. The summed E-state index contributed by atoms with van der Waals surface area (Å²) >= 11 is 5.94. The maximum Gasteiger partial charge on any atom is 0.0580 e. The van der Waals surface area contributed by atoms with Crippen LogP contribution in [0.15, 0.2) is 24.3 Å². The lowest BCUT2D eigenvalue weighted by atomic mass is 9.80. The quantitative estimate of drug-likeness (QED) is 0.903. The predicted molar refractivity (Wildman–Crippen MR) is 85.0 cm³/mol. The Labute approximate surface area is 127 Å². The number of aliphatic hydroxyl groups is 1. The van der Waals surface area contributed by atoms with Gasteiger partial charge in [0.05, 0.1) is 6.10 Å². The summed E-state index contributed by atoms with van der Waals surface area (Å²) in [6.45, 7) is 5.46. The lowest BCUT2D eigenvalue weighted by Gasteiger charge is -2.36. The zero-order chi connectivity index (χ0) is 14.7. The van der Waals surface area contributed by atoms with E-state index in [1.54, 1.807) is 0 Å². The molecule has 1 fully saturated rings. The average molecular weight is 296 g/mol. The molecule has 0 radical (unpaired) electrons. The molecule has 0 heterocycles. The van der Waals surface area contributed by atoms with Gasteiger partial charge in [0.15, 0.2) is 0 Å². The van der Waals surface area contributed by atoms with Crippen LogP contribution in [0, 0.1) is 11.8 Å². The van der Waals surface area contributed by atoms with Gasteiger partial charge in [0, 0.05) is 17.6 Å². The van der Waals surface area contributed by atoms with Gasteiger partial charge in [0.1, 0.15) is 0 Å². The van der Waals surface area contributed by atoms with E-state index in [1.807, 2.05) is 12.1 Å². The molecule has 112 valence electrons. The predicted octanol–water partition coefficient (Wildman–Crippen LogP) is 4.13. The van der Waals surface area contributed by atoms with E-state index in [1.165, 1.54) is 5.56 Å². The molecule has 0 bridgehead atoms. The van der Waals surface area contributed by atoms with E-state index in [0.29, 0.717) is 12.0 Å². The van der Waals surface area contributed by atoms with E-state index in [-0.39, 0.29) is 6.10 Å². The molecule has 0 spiro atoms. The number of nitrogens with zero attached hydrogens (tertiary/aromatic N) is 1. The van der Waals surface area contributed by atoms with Crippen LogP contribution in [0.2, 0.25) is 5.02 Å². The second-order valence-electron chi connectivity index (χ2n) is 6.41. The molecule has 0 amide bonds. The third-order valence-corrected chi connectivity index (χ3v) is 4.99. The summed E-state index contributed by atoms with van der Waals surface area (Å²) in [5.41, 5.74) is 1.27. The van der Waals surface area contributed by atoms with Crippen molar-refractivity contribution in [2.75, 3.05) is 13.6 Å². The molecule has 1 aliphatic carbocycles. The Morgan fingerprint density at radius 1 is 1.30 bits per heavy atom. The monoisotopic (exact) mass is 295 g/mol. The van der Waals surface area contributed by atoms with Crippen LogP contribution in [0.4, 0.5) is 0 Å². The van der Waals surface area contributed by atoms with Gasteiger partial charge < -0.3 is 5.11 Å². The molecule has 1 N–H and O–H groups in total. The third kappa shape index (κ3) is 3.97. The molecule has 1 saturated carbocycles. The van der Waals surface area contributed by atoms with E-state index in [0.717, 1.165) is 36.7 Å². The normalized spacial score (nSPS) is 28.6. The SMILES string of the molecule is CC1CCC(O)C(CN(C)C(C)c2ccc(Cl)cc2)C1. The van der Waals surface area contributed by atoms with Crippen molar-refractivity contribution in [3.63, 3.8) is 0 Å². The second kappa shape index (κ2) is 6.93. The standard InChI is InChI=1S/C17H26ClNO/c1-12-4-9-17(20)15(10-12)11-19(3)13(2)14-5-7-16(18)8-6-14/h5-8,12-13,15,17,20H,4,9-11H2,1-3H3. The summed E-state index contributed by atoms with van der Waals surface area (Å²) in [5, 5.41) is 11.0. The van der Waals surface area contributed by atoms with Gasteiger partial charge in [-0.3, -0.25) is 4.90 Å². The summed E-state index contributed by atoms with van der Waals surface area (Å²) < 4.78 is 0. The van der Waals surface area contributed by atoms with Crippen molar-refractivity contribution in [1.82, 2.24) is 4.90 Å². The number of hydrogen-bond donors (Lipinski definition) is 1. The molecular formula is C17H26ClNO. The molecule has 1 aromatic carbocycles. The lowest BCUT2D eigenvalue weighted by Crippen LogP contribution is -2.38. The van der Waals surface area contributed by atoms with E-state index in [4.69, 9.17) is 11.6 Å². The molecule has 2 nitrogen and oxygen atoms in total. The van der Waals surface area contributed by atoms with Crippen molar-refractivity contribution in [3.05, 3.63) is 34.9 Å². The van der Waals surface area contributed by atoms with Crippen LogP contribution < -0.4 is 0 Å². The van der Waals surface area contributed by atoms with Crippen LogP contribution in [0.3, 0.4) is 0 Å². The first kappa shape index (κ1) is 15.8. The highest BCUT2D eigenvalue weighted by molar-refractivity contribution is 6.30. The van der Waals surface area contributed by atoms with Gasteiger partial charge in [0.25, 0.3) is 0 Å². The third-order valence-electron chi connectivity index (χ3n) is 4.74. The maximum atomic E-state index is 10.2. The molecule has 20 heavy (non-hydrogen) atoms. The highest BCUT2D eigenvalue weighted by Crippen LogP contribution is 2.31. The topological polar surface area (TPSA) is 23.5 Å². The smallest absolute Gasteiger partial charge is 0.0580 e. The molecular weight excluding hydrogens is 270 g/mol. The summed E-state index contributed by atoms with van der Waals surface area (Å²) in [5.74, 6) is 1.14. The Morgan fingerprint density at radius 3 is 2.60 bits per heavy atom. The van der Waals surface area contributed by atoms with Gasteiger partial charge in [-0.05, 0) is 62.8 Å². The van der Waals surface area contributed by atoms with Crippen molar-refractivity contribution in [3.8, 4) is 0 Å². The highest BCUT2D eigenvalue weighted by atomic mass is 35.5. The molecule has 2 rings (SSSR count). The minimum atomic E-state index is -0.133. The summed E-state index contributed by atoms with van der Waals surface area (Å²) in [4.78, 5) is 2.34. The van der Waals surface area contributed by atoms with E-state index in [9.17, 15) is 5.11 Å². The van der Waals surface area contributed by atoms with Crippen LogP contribution in [0.1, 0.15) is 44.7 Å².